The molecule has 2 aromatic carbocycles. The van der Waals surface area contributed by atoms with Gasteiger partial charge in [0, 0.05) is 51.2 Å². The van der Waals surface area contributed by atoms with Crippen molar-refractivity contribution in [1.82, 2.24) is 4.90 Å². The van der Waals surface area contributed by atoms with Crippen LogP contribution in [0.25, 0.3) is 0 Å². The summed E-state index contributed by atoms with van der Waals surface area (Å²) in [5.74, 6) is -0.668. The molecule has 0 aliphatic carbocycles. The molecule has 2 aliphatic rings. The highest BCUT2D eigenvalue weighted by atomic mass is 32.2. The van der Waals surface area contributed by atoms with E-state index in [1.165, 1.54) is 12.1 Å². The van der Waals surface area contributed by atoms with Gasteiger partial charge in [-0.15, -0.1) is 0 Å². The zero-order chi connectivity index (χ0) is 22.9. The molecule has 2 aliphatic heterocycles. The van der Waals surface area contributed by atoms with Gasteiger partial charge in [-0.1, -0.05) is 0 Å². The highest BCUT2D eigenvalue weighted by Gasteiger charge is 2.28. The van der Waals surface area contributed by atoms with Crippen molar-refractivity contribution in [3.8, 4) is 6.07 Å². The lowest BCUT2D eigenvalue weighted by Gasteiger charge is -2.37. The van der Waals surface area contributed by atoms with E-state index in [2.05, 4.69) is 4.90 Å². The Labute approximate surface area is 187 Å². The second-order valence-electron chi connectivity index (χ2n) is 8.20. The summed E-state index contributed by atoms with van der Waals surface area (Å²) in [6.45, 7) is 3.34. The molecule has 0 aromatic heterocycles. The van der Waals surface area contributed by atoms with E-state index < -0.39 is 15.7 Å². The maximum atomic E-state index is 14.4. The molecule has 0 N–H and O–H groups in total. The predicted molar refractivity (Wildman–Crippen MR) is 120 cm³/mol. The molecule has 2 fully saturated rings. The first-order valence-electron chi connectivity index (χ1n) is 10.6. The minimum atomic E-state index is -3.45. The molecule has 9 heteroatoms. The Bertz CT molecular complexity index is 1180. The van der Waals surface area contributed by atoms with Crippen molar-refractivity contribution in [2.75, 3.05) is 55.3 Å². The van der Waals surface area contributed by atoms with Crippen LogP contribution in [0.4, 0.5) is 15.8 Å². The van der Waals surface area contributed by atoms with Crippen LogP contribution in [0.1, 0.15) is 28.8 Å². The number of carbonyl (C=O) groups is 1. The first-order chi connectivity index (χ1) is 15.3. The van der Waals surface area contributed by atoms with Crippen LogP contribution in [0, 0.1) is 17.1 Å². The van der Waals surface area contributed by atoms with E-state index in [4.69, 9.17) is 5.26 Å². The molecule has 0 atom stereocenters. The van der Waals surface area contributed by atoms with Gasteiger partial charge in [0.1, 0.15) is 5.82 Å². The number of anilines is 2. The molecule has 32 heavy (non-hydrogen) atoms. The Morgan fingerprint density at radius 2 is 1.56 bits per heavy atom. The number of rotatable bonds is 4. The van der Waals surface area contributed by atoms with E-state index in [0.717, 1.165) is 37.9 Å². The number of sulfone groups is 1. The second-order valence-corrected chi connectivity index (χ2v) is 10.2. The fourth-order valence-electron chi connectivity index (χ4n) is 4.30. The quantitative estimate of drug-likeness (QED) is 0.703. The fraction of sp³-hybridized carbons (Fsp3) is 0.391. The van der Waals surface area contributed by atoms with E-state index in [0.29, 0.717) is 37.4 Å². The first kappa shape index (κ1) is 22.1. The third-order valence-corrected chi connectivity index (χ3v) is 7.17. The summed E-state index contributed by atoms with van der Waals surface area (Å²) in [6.07, 6.45) is 3.21. The molecule has 2 aromatic rings. The number of halogens is 1. The molecule has 0 spiro atoms. The molecule has 7 nitrogen and oxygen atoms in total. The monoisotopic (exact) mass is 456 g/mol. The van der Waals surface area contributed by atoms with Gasteiger partial charge in [-0.2, -0.15) is 5.26 Å². The summed E-state index contributed by atoms with van der Waals surface area (Å²) < 4.78 is 38.6. The van der Waals surface area contributed by atoms with Gasteiger partial charge in [-0.3, -0.25) is 4.79 Å². The van der Waals surface area contributed by atoms with Crippen molar-refractivity contribution in [2.24, 2.45) is 0 Å². The van der Waals surface area contributed by atoms with Crippen LogP contribution < -0.4 is 9.80 Å². The number of amides is 1. The standard InChI is InChI=1S/C23H25FN4O3S/c1-32(30,31)18-5-7-21(26-8-2-3-9-26)19(15-18)23(29)28-12-10-27(11-13-28)22-6-4-17(16-25)14-20(22)24/h4-7,14-15H,2-3,8-13H2,1H3. The minimum Gasteiger partial charge on any atom is -0.371 e. The molecular formula is C23H25FN4O3S. The first-order valence-corrected chi connectivity index (χ1v) is 12.5. The molecule has 4 rings (SSSR count). The largest absolute Gasteiger partial charge is 0.371 e. The molecule has 168 valence electrons. The van der Waals surface area contributed by atoms with E-state index in [-0.39, 0.29) is 16.4 Å². The van der Waals surface area contributed by atoms with Crippen LogP contribution in [-0.2, 0) is 9.84 Å². The zero-order valence-electron chi connectivity index (χ0n) is 17.9. The van der Waals surface area contributed by atoms with Crippen LogP contribution >= 0.6 is 0 Å². The molecule has 2 heterocycles. The normalized spacial score (nSPS) is 16.8. The van der Waals surface area contributed by atoms with E-state index in [1.54, 1.807) is 29.2 Å². The van der Waals surface area contributed by atoms with Crippen LogP contribution in [0.2, 0.25) is 0 Å². The van der Waals surface area contributed by atoms with Gasteiger partial charge in [-0.05, 0) is 49.2 Å². The maximum absolute atomic E-state index is 14.4. The Balaban J connectivity index is 1.55. The average Bonchev–Trinajstić information content (AvgIpc) is 3.32. The SMILES string of the molecule is CS(=O)(=O)c1ccc(N2CCCC2)c(C(=O)N2CCN(c3ccc(C#N)cc3F)CC2)c1. The number of piperazine rings is 1. The number of hydrogen-bond donors (Lipinski definition) is 0. The van der Waals surface area contributed by atoms with Crippen molar-refractivity contribution in [2.45, 2.75) is 17.7 Å². The number of nitriles is 1. The molecule has 1 amide bonds. The van der Waals surface area contributed by atoms with Gasteiger partial charge in [0.05, 0.1) is 27.8 Å². The smallest absolute Gasteiger partial charge is 0.256 e. The Morgan fingerprint density at radius 1 is 0.938 bits per heavy atom. The zero-order valence-corrected chi connectivity index (χ0v) is 18.7. The molecule has 2 saturated heterocycles. The van der Waals surface area contributed by atoms with Gasteiger partial charge in [0.2, 0.25) is 0 Å². The summed E-state index contributed by atoms with van der Waals surface area (Å²) in [4.78, 5) is 19.2. The summed E-state index contributed by atoms with van der Waals surface area (Å²) in [5.41, 5.74) is 1.83. The number of benzene rings is 2. The Kier molecular flexibility index (Phi) is 6.07. The van der Waals surface area contributed by atoms with Crippen LogP contribution in [0.3, 0.4) is 0 Å². The average molecular weight is 457 g/mol. The topological polar surface area (TPSA) is 84.7 Å². The van der Waals surface area contributed by atoms with Crippen molar-refractivity contribution in [3.05, 3.63) is 53.3 Å². The number of nitrogens with zero attached hydrogens (tertiary/aromatic N) is 4. The van der Waals surface area contributed by atoms with Crippen LogP contribution in [0.5, 0.6) is 0 Å². The van der Waals surface area contributed by atoms with Gasteiger partial charge in [0.25, 0.3) is 5.91 Å². The minimum absolute atomic E-state index is 0.127. The summed E-state index contributed by atoms with van der Waals surface area (Å²) in [5, 5.41) is 8.92. The highest BCUT2D eigenvalue weighted by Crippen LogP contribution is 2.29. The van der Waals surface area contributed by atoms with Gasteiger partial charge in [0.15, 0.2) is 9.84 Å². The molecule has 0 saturated carbocycles. The van der Waals surface area contributed by atoms with E-state index >= 15 is 0 Å². The lowest BCUT2D eigenvalue weighted by molar-refractivity contribution is 0.0747. The van der Waals surface area contributed by atoms with Crippen molar-refractivity contribution in [3.63, 3.8) is 0 Å². The summed E-state index contributed by atoms with van der Waals surface area (Å²) in [6, 6.07) is 11.1. The van der Waals surface area contributed by atoms with E-state index in [1.807, 2.05) is 11.0 Å². The van der Waals surface area contributed by atoms with Crippen molar-refractivity contribution < 1.29 is 17.6 Å². The predicted octanol–water partition coefficient (Wildman–Crippen LogP) is 2.66. The Hall–Kier alpha value is -3.12. The van der Waals surface area contributed by atoms with Crippen molar-refractivity contribution in [1.29, 1.82) is 5.26 Å². The molecule has 0 radical (unpaired) electrons. The third kappa shape index (κ3) is 4.41. The molecular weight excluding hydrogens is 431 g/mol. The summed E-state index contributed by atoms with van der Waals surface area (Å²) in [7, 11) is -3.45. The van der Waals surface area contributed by atoms with Gasteiger partial charge < -0.3 is 14.7 Å². The fourth-order valence-corrected chi connectivity index (χ4v) is 4.95. The van der Waals surface area contributed by atoms with Gasteiger partial charge in [-0.25, -0.2) is 12.8 Å². The van der Waals surface area contributed by atoms with Crippen LogP contribution in [-0.4, -0.2) is 64.7 Å². The summed E-state index contributed by atoms with van der Waals surface area (Å²) >= 11 is 0. The lowest BCUT2D eigenvalue weighted by atomic mass is 10.1. The number of hydrogen-bond acceptors (Lipinski definition) is 6. The van der Waals surface area contributed by atoms with Crippen molar-refractivity contribution >= 4 is 27.1 Å². The second kappa shape index (κ2) is 8.79. The highest BCUT2D eigenvalue weighted by molar-refractivity contribution is 7.90. The third-order valence-electron chi connectivity index (χ3n) is 6.06. The lowest BCUT2D eigenvalue weighted by Crippen LogP contribution is -2.49. The Morgan fingerprint density at radius 3 is 2.16 bits per heavy atom. The van der Waals surface area contributed by atoms with Gasteiger partial charge >= 0.3 is 0 Å². The van der Waals surface area contributed by atoms with Crippen LogP contribution in [0.15, 0.2) is 41.3 Å². The molecule has 0 bridgehead atoms. The number of carbonyl (C=O) groups excluding carboxylic acids is 1. The van der Waals surface area contributed by atoms with E-state index in [9.17, 15) is 17.6 Å². The molecule has 0 unspecified atom stereocenters. The maximum Gasteiger partial charge on any atom is 0.256 e.